The highest BCUT2D eigenvalue weighted by atomic mass is 16.6. The van der Waals surface area contributed by atoms with Crippen molar-refractivity contribution in [3.05, 3.63) is 83.8 Å². The van der Waals surface area contributed by atoms with Gasteiger partial charge in [-0.05, 0) is 42.3 Å². The zero-order valence-corrected chi connectivity index (χ0v) is 16.2. The highest BCUT2D eigenvalue weighted by Gasteiger charge is 2.33. The number of ether oxygens (including phenoxy) is 3. The van der Waals surface area contributed by atoms with Crippen LogP contribution in [0.15, 0.2) is 71.3 Å². The third-order valence-electron chi connectivity index (χ3n) is 4.65. The van der Waals surface area contributed by atoms with Gasteiger partial charge in [0.05, 0.1) is 12.9 Å². The van der Waals surface area contributed by atoms with Crippen LogP contribution in [0.5, 0.6) is 11.5 Å². The molecule has 3 aromatic rings. The van der Waals surface area contributed by atoms with E-state index in [1.54, 1.807) is 12.3 Å². The Hall–Kier alpha value is -3.25. The summed E-state index contributed by atoms with van der Waals surface area (Å²) in [7, 11) is 0. The van der Waals surface area contributed by atoms with E-state index in [9.17, 15) is 4.79 Å². The fraction of sp³-hybridized carbons (Fsp3) is 0.261. The monoisotopic (exact) mass is 393 g/mol. The van der Waals surface area contributed by atoms with Crippen LogP contribution in [-0.2, 0) is 29.3 Å². The van der Waals surface area contributed by atoms with Crippen LogP contribution in [0.3, 0.4) is 0 Å². The first-order valence-corrected chi connectivity index (χ1v) is 9.57. The van der Waals surface area contributed by atoms with E-state index < -0.39 is 6.10 Å². The molecule has 0 spiro atoms. The topological polar surface area (TPSA) is 69.9 Å². The molecule has 0 radical (unpaired) electrons. The Labute approximate surface area is 169 Å². The van der Waals surface area contributed by atoms with E-state index in [2.05, 4.69) is 5.32 Å². The number of rotatable bonds is 7. The normalized spacial score (nSPS) is 17.7. The van der Waals surface area contributed by atoms with Gasteiger partial charge in [-0.25, -0.2) is 0 Å². The van der Waals surface area contributed by atoms with Gasteiger partial charge in [-0.1, -0.05) is 36.4 Å². The summed E-state index contributed by atoms with van der Waals surface area (Å²) in [5.74, 6) is 1.83. The Kier molecular flexibility index (Phi) is 5.81. The van der Waals surface area contributed by atoms with Crippen molar-refractivity contribution in [2.24, 2.45) is 0 Å². The maximum Gasteiger partial charge on any atom is 0.265 e. The Bertz CT molecular complexity index is 953. The molecule has 6 heteroatoms. The number of amides is 1. The average Bonchev–Trinajstić information content (AvgIpc) is 3.25. The van der Waals surface area contributed by atoms with Gasteiger partial charge in [0.1, 0.15) is 18.5 Å². The second-order valence-corrected chi connectivity index (χ2v) is 6.92. The summed E-state index contributed by atoms with van der Waals surface area (Å²) in [5.41, 5.74) is 2.02. The van der Waals surface area contributed by atoms with Crippen LogP contribution in [-0.4, -0.2) is 18.1 Å². The third kappa shape index (κ3) is 4.78. The van der Waals surface area contributed by atoms with Gasteiger partial charge in [0.15, 0.2) is 11.5 Å². The fourth-order valence-corrected chi connectivity index (χ4v) is 3.19. The number of carbonyl (C=O) groups excluding carboxylic acids is 1. The van der Waals surface area contributed by atoms with Gasteiger partial charge in [0.25, 0.3) is 5.91 Å². The van der Waals surface area contributed by atoms with Crippen molar-refractivity contribution >= 4 is 5.91 Å². The molecule has 1 aliphatic heterocycles. The van der Waals surface area contributed by atoms with Crippen molar-refractivity contribution in [1.82, 2.24) is 5.32 Å². The van der Waals surface area contributed by atoms with E-state index in [1.807, 2.05) is 61.5 Å². The first-order valence-electron chi connectivity index (χ1n) is 9.57. The number of para-hydroxylation sites is 2. The molecule has 6 nitrogen and oxygen atoms in total. The van der Waals surface area contributed by atoms with Crippen molar-refractivity contribution in [2.45, 2.75) is 38.9 Å². The molecule has 1 aromatic heterocycles. The van der Waals surface area contributed by atoms with Gasteiger partial charge < -0.3 is 23.9 Å². The van der Waals surface area contributed by atoms with Crippen molar-refractivity contribution in [1.29, 1.82) is 0 Å². The molecule has 0 saturated heterocycles. The molecule has 2 heterocycles. The lowest BCUT2D eigenvalue weighted by Gasteiger charge is -2.31. The van der Waals surface area contributed by atoms with E-state index in [0.29, 0.717) is 31.3 Å². The summed E-state index contributed by atoms with van der Waals surface area (Å²) < 4.78 is 22.6. The Morgan fingerprint density at radius 1 is 0.966 bits per heavy atom. The molecule has 2 atom stereocenters. The summed E-state index contributed by atoms with van der Waals surface area (Å²) in [6.45, 7) is 3.12. The molecule has 2 aromatic carbocycles. The van der Waals surface area contributed by atoms with Crippen LogP contribution >= 0.6 is 0 Å². The molecular formula is C23H23NO5. The standard InChI is InChI=1S/C23H23NO5/c1-16-22(29-21-10-3-2-9-20(21)28-16)23(25)24-13-17-6-4-7-18(12-17)14-26-15-19-8-5-11-27-19/h2-12,16,22H,13-15H2,1H3,(H,24,25). The first kappa shape index (κ1) is 19.1. The van der Waals surface area contributed by atoms with Crippen LogP contribution in [0.25, 0.3) is 0 Å². The zero-order chi connectivity index (χ0) is 20.1. The maximum absolute atomic E-state index is 12.6. The van der Waals surface area contributed by atoms with Crippen LogP contribution in [0.1, 0.15) is 23.8 Å². The van der Waals surface area contributed by atoms with Crippen molar-refractivity contribution < 1.29 is 23.4 Å². The lowest BCUT2D eigenvalue weighted by atomic mass is 10.1. The fourth-order valence-electron chi connectivity index (χ4n) is 3.19. The zero-order valence-electron chi connectivity index (χ0n) is 16.2. The molecule has 0 saturated carbocycles. The molecule has 0 bridgehead atoms. The molecule has 150 valence electrons. The SMILES string of the molecule is CC1Oc2ccccc2OC1C(=O)NCc1cccc(COCc2ccco2)c1. The minimum atomic E-state index is -0.690. The number of nitrogens with one attached hydrogen (secondary N) is 1. The van der Waals surface area contributed by atoms with E-state index in [0.717, 1.165) is 16.9 Å². The van der Waals surface area contributed by atoms with Crippen molar-refractivity contribution in [2.75, 3.05) is 0 Å². The lowest BCUT2D eigenvalue weighted by Crippen LogP contribution is -2.48. The second-order valence-electron chi connectivity index (χ2n) is 6.92. The molecule has 1 N–H and O–H groups in total. The Balaban J connectivity index is 1.30. The van der Waals surface area contributed by atoms with E-state index >= 15 is 0 Å². The smallest absolute Gasteiger partial charge is 0.265 e. The lowest BCUT2D eigenvalue weighted by molar-refractivity contribution is -0.133. The molecule has 1 aliphatic rings. The van der Waals surface area contributed by atoms with Gasteiger partial charge in [0, 0.05) is 6.54 Å². The number of carbonyl (C=O) groups is 1. The number of benzene rings is 2. The molecule has 0 fully saturated rings. The summed E-state index contributed by atoms with van der Waals surface area (Å²) in [4.78, 5) is 12.6. The highest BCUT2D eigenvalue weighted by Crippen LogP contribution is 2.33. The van der Waals surface area contributed by atoms with Crippen LogP contribution in [0.4, 0.5) is 0 Å². The summed E-state index contributed by atoms with van der Waals surface area (Å²) >= 11 is 0. The number of fused-ring (bicyclic) bond motifs is 1. The summed E-state index contributed by atoms with van der Waals surface area (Å²) in [5, 5.41) is 2.94. The molecule has 0 aliphatic carbocycles. The first-order chi connectivity index (χ1) is 14.2. The Morgan fingerprint density at radius 3 is 2.55 bits per heavy atom. The van der Waals surface area contributed by atoms with Crippen LogP contribution in [0, 0.1) is 0 Å². The van der Waals surface area contributed by atoms with Gasteiger partial charge in [-0.2, -0.15) is 0 Å². The largest absolute Gasteiger partial charge is 0.482 e. The predicted octanol–water partition coefficient (Wildman–Crippen LogP) is 3.84. The number of hydrogen-bond acceptors (Lipinski definition) is 5. The highest BCUT2D eigenvalue weighted by molar-refractivity contribution is 5.82. The quantitative estimate of drug-likeness (QED) is 0.660. The summed E-state index contributed by atoms with van der Waals surface area (Å²) in [6, 6.07) is 19.0. The second kappa shape index (κ2) is 8.84. The van der Waals surface area contributed by atoms with Gasteiger partial charge in [0.2, 0.25) is 6.10 Å². The molecule has 2 unspecified atom stereocenters. The predicted molar refractivity (Wildman–Crippen MR) is 106 cm³/mol. The molecule has 4 rings (SSSR count). The minimum Gasteiger partial charge on any atom is -0.482 e. The van der Waals surface area contributed by atoms with Crippen LogP contribution in [0.2, 0.25) is 0 Å². The van der Waals surface area contributed by atoms with E-state index in [1.165, 1.54) is 0 Å². The van der Waals surface area contributed by atoms with Gasteiger partial charge >= 0.3 is 0 Å². The van der Waals surface area contributed by atoms with Crippen LogP contribution < -0.4 is 14.8 Å². The van der Waals surface area contributed by atoms with Crippen molar-refractivity contribution in [3.8, 4) is 11.5 Å². The Morgan fingerprint density at radius 2 is 1.76 bits per heavy atom. The minimum absolute atomic E-state index is 0.202. The summed E-state index contributed by atoms with van der Waals surface area (Å²) in [6.07, 6.45) is 0.568. The average molecular weight is 393 g/mol. The van der Waals surface area contributed by atoms with E-state index in [4.69, 9.17) is 18.6 Å². The molecule has 29 heavy (non-hydrogen) atoms. The van der Waals surface area contributed by atoms with Gasteiger partial charge in [-0.3, -0.25) is 4.79 Å². The third-order valence-corrected chi connectivity index (χ3v) is 4.65. The van der Waals surface area contributed by atoms with E-state index in [-0.39, 0.29) is 12.0 Å². The molecular weight excluding hydrogens is 370 g/mol. The molecule has 1 amide bonds. The maximum atomic E-state index is 12.6. The number of hydrogen-bond donors (Lipinski definition) is 1. The van der Waals surface area contributed by atoms with Gasteiger partial charge in [-0.15, -0.1) is 0 Å². The number of furan rings is 1. The van der Waals surface area contributed by atoms with Crippen molar-refractivity contribution in [3.63, 3.8) is 0 Å².